The van der Waals surface area contributed by atoms with Gasteiger partial charge in [0.2, 0.25) is 0 Å². The molecule has 0 radical (unpaired) electrons. The first-order valence-corrected chi connectivity index (χ1v) is 4.44. The van der Waals surface area contributed by atoms with E-state index in [0.29, 0.717) is 6.42 Å². The average molecular weight is 193 g/mol. The van der Waals surface area contributed by atoms with Gasteiger partial charge < -0.3 is 10.9 Å². The summed E-state index contributed by atoms with van der Waals surface area (Å²) < 4.78 is 0. The van der Waals surface area contributed by atoms with Crippen LogP contribution in [0.25, 0.3) is 0 Å². The zero-order chi connectivity index (χ0) is 10.6. The number of hydrogen-bond acceptors (Lipinski definition) is 3. The maximum absolute atomic E-state index is 8.59. The van der Waals surface area contributed by atoms with Crippen LogP contribution in [-0.2, 0) is 6.42 Å². The highest BCUT2D eigenvalue weighted by Gasteiger charge is 2.24. The Kier molecular flexibility index (Phi) is 3.06. The monoisotopic (exact) mass is 193 g/mol. The predicted octanol–water partition coefficient (Wildman–Crippen LogP) is 1.40. The summed E-state index contributed by atoms with van der Waals surface area (Å²) in [6, 6.07) is 5.71. The van der Waals surface area contributed by atoms with Crippen molar-refractivity contribution in [3.63, 3.8) is 0 Å². The maximum atomic E-state index is 8.59. The van der Waals surface area contributed by atoms with Crippen LogP contribution >= 0.6 is 0 Å². The fourth-order valence-electron chi connectivity index (χ4n) is 1.18. The Hall–Kier alpha value is -1.58. The van der Waals surface area contributed by atoms with E-state index in [2.05, 4.69) is 10.1 Å². The van der Waals surface area contributed by atoms with Gasteiger partial charge in [-0.2, -0.15) is 0 Å². The lowest BCUT2D eigenvalue weighted by Gasteiger charge is -2.21. The van der Waals surface area contributed by atoms with Gasteiger partial charge in [0, 0.05) is 23.7 Å². The van der Waals surface area contributed by atoms with E-state index in [1.165, 1.54) is 0 Å². The van der Waals surface area contributed by atoms with Gasteiger partial charge in [0.25, 0.3) is 0 Å². The summed E-state index contributed by atoms with van der Waals surface area (Å²) in [6.45, 7) is 3.83. The fourth-order valence-corrected chi connectivity index (χ4v) is 1.18. The molecule has 1 aromatic rings. The SMILES string of the molecule is CC(C)(Cc1ccccn1)C(N)=NO. The molecule has 4 nitrogen and oxygen atoms in total. The largest absolute Gasteiger partial charge is 0.409 e. The highest BCUT2D eigenvalue weighted by atomic mass is 16.4. The molecular formula is C10H15N3O. The van der Waals surface area contributed by atoms with Crippen LogP contribution < -0.4 is 5.73 Å². The molecule has 0 aliphatic heterocycles. The second-order valence-electron chi connectivity index (χ2n) is 3.87. The summed E-state index contributed by atoms with van der Waals surface area (Å²) >= 11 is 0. The molecule has 0 spiro atoms. The Bertz CT molecular complexity index is 319. The van der Waals surface area contributed by atoms with Crippen LogP contribution in [0.4, 0.5) is 0 Å². The summed E-state index contributed by atoms with van der Waals surface area (Å²) in [7, 11) is 0. The van der Waals surface area contributed by atoms with Crippen molar-refractivity contribution in [3.05, 3.63) is 30.1 Å². The molecule has 0 saturated heterocycles. The van der Waals surface area contributed by atoms with Crippen LogP contribution in [0.15, 0.2) is 29.6 Å². The highest BCUT2D eigenvalue weighted by molar-refractivity contribution is 5.85. The van der Waals surface area contributed by atoms with Crippen LogP contribution in [-0.4, -0.2) is 16.0 Å². The summed E-state index contributed by atoms with van der Waals surface area (Å²) in [5.41, 5.74) is 6.13. The van der Waals surface area contributed by atoms with Gasteiger partial charge in [-0.25, -0.2) is 0 Å². The van der Waals surface area contributed by atoms with E-state index < -0.39 is 0 Å². The number of pyridine rings is 1. The van der Waals surface area contributed by atoms with Crippen molar-refractivity contribution in [3.8, 4) is 0 Å². The minimum atomic E-state index is -0.372. The molecule has 0 amide bonds. The van der Waals surface area contributed by atoms with Crippen molar-refractivity contribution in [2.45, 2.75) is 20.3 Å². The number of rotatable bonds is 3. The molecule has 0 atom stereocenters. The van der Waals surface area contributed by atoms with Crippen LogP contribution in [0.3, 0.4) is 0 Å². The molecule has 1 rings (SSSR count). The molecule has 76 valence electrons. The standard InChI is InChI=1S/C10H15N3O/c1-10(2,9(11)13-14)7-8-5-3-4-6-12-8/h3-6,14H,7H2,1-2H3,(H2,11,13). The molecule has 0 aromatic carbocycles. The van der Waals surface area contributed by atoms with E-state index in [1.807, 2.05) is 32.0 Å². The Labute approximate surface area is 83.5 Å². The third-order valence-electron chi connectivity index (χ3n) is 2.15. The number of nitrogens with two attached hydrogens (primary N) is 1. The molecule has 0 fully saturated rings. The first kappa shape index (κ1) is 10.5. The second-order valence-corrected chi connectivity index (χ2v) is 3.87. The Morgan fingerprint density at radius 1 is 1.57 bits per heavy atom. The minimum absolute atomic E-state index is 0.225. The molecule has 0 aliphatic carbocycles. The smallest absolute Gasteiger partial charge is 0.145 e. The Morgan fingerprint density at radius 3 is 2.79 bits per heavy atom. The van der Waals surface area contributed by atoms with Crippen LogP contribution in [0.5, 0.6) is 0 Å². The number of nitrogens with zero attached hydrogens (tertiary/aromatic N) is 2. The molecule has 14 heavy (non-hydrogen) atoms. The number of hydrogen-bond donors (Lipinski definition) is 2. The van der Waals surface area contributed by atoms with Gasteiger partial charge in [-0.05, 0) is 12.1 Å². The topological polar surface area (TPSA) is 71.5 Å². The van der Waals surface area contributed by atoms with E-state index in [-0.39, 0.29) is 11.3 Å². The number of aromatic nitrogens is 1. The van der Waals surface area contributed by atoms with Crippen LogP contribution in [0.1, 0.15) is 19.5 Å². The predicted molar refractivity (Wildman–Crippen MR) is 55.1 cm³/mol. The first-order chi connectivity index (χ1) is 6.56. The number of oxime groups is 1. The normalized spacial score (nSPS) is 12.9. The van der Waals surface area contributed by atoms with Crippen molar-refractivity contribution in [2.24, 2.45) is 16.3 Å². The maximum Gasteiger partial charge on any atom is 0.145 e. The minimum Gasteiger partial charge on any atom is -0.409 e. The lowest BCUT2D eigenvalue weighted by molar-refractivity contribution is 0.307. The third-order valence-corrected chi connectivity index (χ3v) is 2.15. The van der Waals surface area contributed by atoms with Crippen molar-refractivity contribution in [2.75, 3.05) is 0 Å². The van der Waals surface area contributed by atoms with E-state index >= 15 is 0 Å². The van der Waals surface area contributed by atoms with Crippen molar-refractivity contribution >= 4 is 5.84 Å². The highest BCUT2D eigenvalue weighted by Crippen LogP contribution is 2.20. The van der Waals surface area contributed by atoms with E-state index in [9.17, 15) is 0 Å². The third kappa shape index (κ3) is 2.45. The van der Waals surface area contributed by atoms with Gasteiger partial charge in [0.15, 0.2) is 0 Å². The fraction of sp³-hybridized carbons (Fsp3) is 0.400. The van der Waals surface area contributed by atoms with Crippen LogP contribution in [0, 0.1) is 5.41 Å². The Morgan fingerprint density at radius 2 is 2.29 bits per heavy atom. The van der Waals surface area contributed by atoms with Gasteiger partial charge in [0.05, 0.1) is 0 Å². The van der Waals surface area contributed by atoms with Gasteiger partial charge in [-0.3, -0.25) is 4.98 Å². The first-order valence-electron chi connectivity index (χ1n) is 4.44. The summed E-state index contributed by atoms with van der Waals surface area (Å²) in [5.74, 6) is 0.225. The summed E-state index contributed by atoms with van der Waals surface area (Å²) in [5, 5.41) is 11.6. The summed E-state index contributed by atoms with van der Waals surface area (Å²) in [6.07, 6.45) is 2.39. The van der Waals surface area contributed by atoms with E-state index in [4.69, 9.17) is 10.9 Å². The van der Waals surface area contributed by atoms with Crippen molar-refractivity contribution in [1.29, 1.82) is 0 Å². The molecule has 0 saturated carbocycles. The average Bonchev–Trinajstić information content (AvgIpc) is 2.17. The molecule has 1 heterocycles. The van der Waals surface area contributed by atoms with Gasteiger partial charge in [0.1, 0.15) is 5.84 Å². The van der Waals surface area contributed by atoms with Crippen LogP contribution in [0.2, 0.25) is 0 Å². The Balaban J connectivity index is 2.79. The van der Waals surface area contributed by atoms with Gasteiger partial charge in [-0.1, -0.05) is 25.1 Å². The lowest BCUT2D eigenvalue weighted by Crippen LogP contribution is -2.34. The van der Waals surface area contributed by atoms with E-state index in [1.54, 1.807) is 6.20 Å². The van der Waals surface area contributed by atoms with Crippen molar-refractivity contribution < 1.29 is 5.21 Å². The molecule has 1 aromatic heterocycles. The second kappa shape index (κ2) is 4.09. The lowest BCUT2D eigenvalue weighted by atomic mass is 9.86. The number of amidine groups is 1. The zero-order valence-electron chi connectivity index (χ0n) is 8.44. The molecular weight excluding hydrogens is 178 g/mol. The molecule has 0 unspecified atom stereocenters. The van der Waals surface area contributed by atoms with Gasteiger partial charge >= 0.3 is 0 Å². The molecule has 4 heteroatoms. The van der Waals surface area contributed by atoms with Crippen molar-refractivity contribution in [1.82, 2.24) is 4.98 Å². The van der Waals surface area contributed by atoms with Gasteiger partial charge in [-0.15, -0.1) is 0 Å². The molecule has 0 aliphatic rings. The molecule has 3 N–H and O–H groups in total. The van der Waals surface area contributed by atoms with E-state index in [0.717, 1.165) is 5.69 Å². The zero-order valence-corrected chi connectivity index (χ0v) is 8.44. The quantitative estimate of drug-likeness (QED) is 0.330. The molecule has 0 bridgehead atoms. The summed E-state index contributed by atoms with van der Waals surface area (Å²) in [4.78, 5) is 4.19.